The molecule has 1 N–H and O–H groups in total. The molecule has 0 spiro atoms. The monoisotopic (exact) mass is 370 g/mol. The maximum Gasteiger partial charge on any atom is 0.260 e. The molecule has 2 heterocycles. The zero-order chi connectivity index (χ0) is 17.4. The molecular weight excluding hydrogens is 352 g/mol. The summed E-state index contributed by atoms with van der Waals surface area (Å²) in [4.78, 5) is 34.7. The number of carbonyl (C=O) groups is 1. The standard InChI is InChI=1S/C19H18N2O2S2/c1-11(16(22)12-7-3-2-4-8-12)24-19-20-17(23)15-13-9-5-6-10-14(13)25-18(15)21-19/h2-4,7-8,11H,5-6,9-10H2,1H3,(H,20,21,23). The number of thiophene rings is 1. The number of aromatic amines is 1. The SMILES string of the molecule is CC(Sc1nc2sc3c(c2c(=O)[nH]1)CCCC3)C(=O)c1ccccc1. The van der Waals surface area contributed by atoms with Crippen LogP contribution in [0.15, 0.2) is 40.3 Å². The first-order valence-electron chi connectivity index (χ1n) is 8.44. The van der Waals surface area contributed by atoms with Gasteiger partial charge < -0.3 is 4.98 Å². The molecular formula is C19H18N2O2S2. The van der Waals surface area contributed by atoms with Crippen molar-refractivity contribution in [3.8, 4) is 0 Å². The summed E-state index contributed by atoms with van der Waals surface area (Å²) in [5.74, 6) is 0.0406. The molecule has 1 aromatic carbocycles. The van der Waals surface area contributed by atoms with Crippen molar-refractivity contribution in [2.24, 2.45) is 0 Å². The van der Waals surface area contributed by atoms with Crippen molar-refractivity contribution in [2.75, 3.05) is 0 Å². The Balaban J connectivity index is 1.64. The Morgan fingerprint density at radius 3 is 2.80 bits per heavy atom. The predicted molar refractivity (Wildman–Crippen MR) is 103 cm³/mol. The molecule has 4 rings (SSSR count). The van der Waals surface area contributed by atoms with Gasteiger partial charge in [0, 0.05) is 10.4 Å². The van der Waals surface area contributed by atoms with Gasteiger partial charge in [0.1, 0.15) is 4.83 Å². The summed E-state index contributed by atoms with van der Waals surface area (Å²) >= 11 is 2.94. The lowest BCUT2D eigenvalue weighted by atomic mass is 9.97. The van der Waals surface area contributed by atoms with E-state index < -0.39 is 0 Å². The number of benzene rings is 1. The van der Waals surface area contributed by atoms with Crippen molar-refractivity contribution in [2.45, 2.75) is 43.0 Å². The van der Waals surface area contributed by atoms with E-state index in [4.69, 9.17) is 0 Å². The largest absolute Gasteiger partial charge is 0.301 e. The third-order valence-electron chi connectivity index (χ3n) is 4.52. The molecule has 0 bridgehead atoms. The van der Waals surface area contributed by atoms with Crippen LogP contribution in [0.25, 0.3) is 10.2 Å². The van der Waals surface area contributed by atoms with Crippen molar-refractivity contribution < 1.29 is 4.79 Å². The molecule has 25 heavy (non-hydrogen) atoms. The number of nitrogens with one attached hydrogen (secondary N) is 1. The lowest BCUT2D eigenvalue weighted by molar-refractivity contribution is 0.0994. The number of hydrogen-bond acceptors (Lipinski definition) is 5. The summed E-state index contributed by atoms with van der Waals surface area (Å²) in [6.07, 6.45) is 4.33. The van der Waals surface area contributed by atoms with Crippen molar-refractivity contribution in [1.29, 1.82) is 0 Å². The number of H-pyrrole nitrogens is 1. The summed E-state index contributed by atoms with van der Waals surface area (Å²) in [6.45, 7) is 1.85. The molecule has 0 radical (unpaired) electrons. The Hall–Kier alpha value is -1.92. The van der Waals surface area contributed by atoms with Crippen LogP contribution in [0.4, 0.5) is 0 Å². The number of aromatic nitrogens is 2. The highest BCUT2D eigenvalue weighted by Gasteiger charge is 2.22. The van der Waals surface area contributed by atoms with Gasteiger partial charge in [-0.3, -0.25) is 9.59 Å². The number of thioether (sulfide) groups is 1. The van der Waals surface area contributed by atoms with Crippen LogP contribution in [-0.4, -0.2) is 21.0 Å². The molecule has 0 aliphatic heterocycles. The van der Waals surface area contributed by atoms with Crippen LogP contribution in [0.5, 0.6) is 0 Å². The van der Waals surface area contributed by atoms with Crippen molar-refractivity contribution in [1.82, 2.24) is 9.97 Å². The van der Waals surface area contributed by atoms with Crippen LogP contribution in [0.2, 0.25) is 0 Å². The third kappa shape index (κ3) is 3.16. The molecule has 0 saturated heterocycles. The maximum absolute atomic E-state index is 12.6. The van der Waals surface area contributed by atoms with Crippen LogP contribution < -0.4 is 5.56 Å². The highest BCUT2D eigenvalue weighted by Crippen LogP contribution is 2.34. The molecule has 0 fully saturated rings. The molecule has 6 heteroatoms. The quantitative estimate of drug-likeness (QED) is 0.424. The lowest BCUT2D eigenvalue weighted by Gasteiger charge is -2.10. The molecule has 1 aliphatic carbocycles. The number of Topliss-reactive ketones (excluding diaryl/α,β-unsaturated/α-hetero) is 1. The van der Waals surface area contributed by atoms with Gasteiger partial charge in [0.05, 0.1) is 10.6 Å². The van der Waals surface area contributed by atoms with Crippen LogP contribution >= 0.6 is 23.1 Å². The molecule has 1 atom stereocenters. The zero-order valence-corrected chi connectivity index (χ0v) is 15.5. The van der Waals surface area contributed by atoms with Gasteiger partial charge in [-0.05, 0) is 38.2 Å². The zero-order valence-electron chi connectivity index (χ0n) is 13.9. The fourth-order valence-corrected chi connectivity index (χ4v) is 5.45. The summed E-state index contributed by atoms with van der Waals surface area (Å²) in [7, 11) is 0. The number of ketones is 1. The number of rotatable bonds is 4. The van der Waals surface area contributed by atoms with E-state index in [9.17, 15) is 9.59 Å². The number of hydrogen-bond donors (Lipinski definition) is 1. The topological polar surface area (TPSA) is 62.8 Å². The second-order valence-electron chi connectivity index (χ2n) is 6.25. The Labute approximate surface area is 153 Å². The molecule has 0 amide bonds. The van der Waals surface area contributed by atoms with Gasteiger partial charge in [0.25, 0.3) is 5.56 Å². The normalized spacial score (nSPS) is 15.1. The van der Waals surface area contributed by atoms with Crippen molar-refractivity contribution >= 4 is 39.1 Å². The lowest BCUT2D eigenvalue weighted by Crippen LogP contribution is -2.16. The number of aryl methyl sites for hydroxylation is 2. The van der Waals surface area contributed by atoms with Crippen LogP contribution in [0, 0.1) is 0 Å². The van der Waals surface area contributed by atoms with E-state index in [2.05, 4.69) is 9.97 Å². The first kappa shape index (κ1) is 16.5. The molecule has 1 unspecified atom stereocenters. The first-order chi connectivity index (χ1) is 12.1. The van der Waals surface area contributed by atoms with E-state index in [-0.39, 0.29) is 16.6 Å². The second-order valence-corrected chi connectivity index (χ2v) is 8.67. The Kier molecular flexibility index (Phi) is 4.48. The molecule has 128 valence electrons. The van der Waals surface area contributed by atoms with E-state index in [0.29, 0.717) is 10.7 Å². The number of fused-ring (bicyclic) bond motifs is 3. The first-order valence-corrected chi connectivity index (χ1v) is 10.1. The summed E-state index contributed by atoms with van der Waals surface area (Å²) in [5.41, 5.74) is 1.79. The van der Waals surface area contributed by atoms with E-state index in [1.807, 2.05) is 37.3 Å². The maximum atomic E-state index is 12.6. The van der Waals surface area contributed by atoms with Gasteiger partial charge in [-0.2, -0.15) is 0 Å². The van der Waals surface area contributed by atoms with Crippen molar-refractivity contribution in [3.63, 3.8) is 0 Å². The van der Waals surface area contributed by atoms with Gasteiger partial charge in [0.15, 0.2) is 10.9 Å². The van der Waals surface area contributed by atoms with Gasteiger partial charge in [-0.1, -0.05) is 42.1 Å². The minimum atomic E-state index is -0.308. The minimum absolute atomic E-state index is 0.0406. The van der Waals surface area contributed by atoms with Gasteiger partial charge in [-0.25, -0.2) is 4.98 Å². The van der Waals surface area contributed by atoms with E-state index in [1.165, 1.54) is 28.6 Å². The van der Waals surface area contributed by atoms with Gasteiger partial charge in [-0.15, -0.1) is 11.3 Å². The van der Waals surface area contributed by atoms with Crippen LogP contribution in [0.1, 0.15) is 40.6 Å². The molecule has 0 saturated carbocycles. The summed E-state index contributed by atoms with van der Waals surface area (Å²) in [6, 6.07) is 9.22. The van der Waals surface area contributed by atoms with Gasteiger partial charge in [0.2, 0.25) is 0 Å². The smallest absolute Gasteiger partial charge is 0.260 e. The predicted octanol–water partition coefficient (Wildman–Crippen LogP) is 4.23. The molecule has 3 aromatic rings. The Morgan fingerprint density at radius 1 is 1.24 bits per heavy atom. The van der Waals surface area contributed by atoms with E-state index in [0.717, 1.165) is 29.5 Å². The fourth-order valence-electron chi connectivity index (χ4n) is 3.26. The second kappa shape index (κ2) is 6.77. The number of nitrogens with zero attached hydrogens (tertiary/aromatic N) is 1. The van der Waals surface area contributed by atoms with Crippen LogP contribution in [0.3, 0.4) is 0 Å². The molecule has 4 nitrogen and oxygen atoms in total. The highest BCUT2D eigenvalue weighted by atomic mass is 32.2. The number of carbonyl (C=O) groups excluding carboxylic acids is 1. The Bertz CT molecular complexity index is 992. The fraction of sp³-hybridized carbons (Fsp3) is 0.316. The average molecular weight is 370 g/mol. The summed E-state index contributed by atoms with van der Waals surface area (Å²) < 4.78 is 0. The highest BCUT2D eigenvalue weighted by molar-refractivity contribution is 8.00. The van der Waals surface area contributed by atoms with E-state index in [1.54, 1.807) is 11.3 Å². The van der Waals surface area contributed by atoms with Crippen molar-refractivity contribution in [3.05, 3.63) is 56.7 Å². The molecule has 1 aliphatic rings. The van der Waals surface area contributed by atoms with Crippen LogP contribution in [-0.2, 0) is 12.8 Å². The molecule has 2 aromatic heterocycles. The summed E-state index contributed by atoms with van der Waals surface area (Å²) in [5, 5.41) is 0.969. The van der Waals surface area contributed by atoms with Gasteiger partial charge >= 0.3 is 0 Å². The third-order valence-corrected chi connectivity index (χ3v) is 6.69. The average Bonchev–Trinajstić information content (AvgIpc) is 3.00. The minimum Gasteiger partial charge on any atom is -0.301 e. The van der Waals surface area contributed by atoms with E-state index >= 15 is 0 Å². The Morgan fingerprint density at radius 2 is 2.00 bits per heavy atom.